The molecule has 2 aromatic rings. The minimum absolute atomic E-state index is 0.00457. The summed E-state index contributed by atoms with van der Waals surface area (Å²) in [5.74, 6) is -0.290. The quantitative estimate of drug-likeness (QED) is 0.794. The molecule has 1 unspecified atom stereocenters. The molecule has 0 radical (unpaired) electrons. The van der Waals surface area contributed by atoms with Crippen LogP contribution in [0.25, 0.3) is 0 Å². The maximum absolute atomic E-state index is 13.4. The lowest BCUT2D eigenvalue weighted by Crippen LogP contribution is -2.52. The van der Waals surface area contributed by atoms with Crippen molar-refractivity contribution in [3.8, 4) is 0 Å². The molecule has 0 aromatic carbocycles. The highest BCUT2D eigenvalue weighted by atomic mass is 32.1. The Morgan fingerprint density at radius 2 is 1.96 bits per heavy atom. The molecule has 0 N–H and O–H groups in total. The van der Waals surface area contributed by atoms with Gasteiger partial charge in [-0.3, -0.25) is 19.5 Å². The number of fused-ring (bicyclic) bond motifs is 1. The van der Waals surface area contributed by atoms with Crippen LogP contribution in [-0.2, 0) is 11.3 Å². The first-order valence-electron chi connectivity index (χ1n) is 9.95. The van der Waals surface area contributed by atoms with E-state index in [1.807, 2.05) is 34.5 Å². The first-order chi connectivity index (χ1) is 13.7. The number of carbonyl (C=O) groups excluding carboxylic acids is 2. The summed E-state index contributed by atoms with van der Waals surface area (Å²) in [7, 11) is 0. The molecule has 1 saturated heterocycles. The average Bonchev–Trinajstić information content (AvgIpc) is 3.27. The minimum atomic E-state index is -0.383. The van der Waals surface area contributed by atoms with Crippen molar-refractivity contribution in [1.29, 1.82) is 0 Å². The average molecular weight is 399 g/mol. The van der Waals surface area contributed by atoms with E-state index in [-0.39, 0.29) is 17.7 Å². The second-order valence-electron chi connectivity index (χ2n) is 7.43. The number of hydrogen-bond acceptors (Lipinski definition) is 5. The molecule has 0 bridgehead atoms. The van der Waals surface area contributed by atoms with Gasteiger partial charge in [0, 0.05) is 45.5 Å². The zero-order chi connectivity index (χ0) is 19.5. The molecule has 6 nitrogen and oxygen atoms in total. The predicted molar refractivity (Wildman–Crippen MR) is 109 cm³/mol. The van der Waals surface area contributed by atoms with Crippen molar-refractivity contribution < 1.29 is 9.59 Å². The van der Waals surface area contributed by atoms with Crippen LogP contribution in [0.3, 0.4) is 0 Å². The Morgan fingerprint density at radius 1 is 1.14 bits per heavy atom. The van der Waals surface area contributed by atoms with Crippen molar-refractivity contribution in [2.24, 2.45) is 0 Å². The van der Waals surface area contributed by atoms with Gasteiger partial charge in [0.1, 0.15) is 0 Å². The highest BCUT2D eigenvalue weighted by Crippen LogP contribution is 2.30. The number of carbonyl (C=O) groups is 2. The number of rotatable bonds is 4. The van der Waals surface area contributed by atoms with Gasteiger partial charge < -0.3 is 9.80 Å². The van der Waals surface area contributed by atoms with Crippen LogP contribution in [-0.4, -0.2) is 70.8 Å². The number of thiophene rings is 1. The third-order valence-electron chi connectivity index (χ3n) is 5.56. The highest BCUT2D eigenvalue weighted by molar-refractivity contribution is 7.12. The molecule has 0 saturated carbocycles. The normalized spacial score (nSPS) is 20.1. The van der Waals surface area contributed by atoms with E-state index in [9.17, 15) is 9.59 Å². The molecule has 2 aliphatic heterocycles. The van der Waals surface area contributed by atoms with Gasteiger partial charge in [0.25, 0.3) is 5.91 Å². The van der Waals surface area contributed by atoms with Crippen molar-refractivity contribution in [2.45, 2.75) is 25.8 Å². The van der Waals surface area contributed by atoms with Gasteiger partial charge in [-0.05, 0) is 36.0 Å². The molecule has 4 rings (SSSR count). The molecule has 4 heterocycles. The third kappa shape index (κ3) is 3.82. The Morgan fingerprint density at radius 3 is 2.68 bits per heavy atom. The van der Waals surface area contributed by atoms with Crippen LogP contribution in [0.1, 0.15) is 40.2 Å². The summed E-state index contributed by atoms with van der Waals surface area (Å²) >= 11 is 1.44. The highest BCUT2D eigenvalue weighted by Gasteiger charge is 2.37. The van der Waals surface area contributed by atoms with Crippen molar-refractivity contribution in [2.75, 3.05) is 39.3 Å². The first-order valence-corrected chi connectivity index (χ1v) is 10.8. The minimum Gasteiger partial charge on any atom is -0.339 e. The van der Waals surface area contributed by atoms with Gasteiger partial charge in [-0.25, -0.2) is 0 Å². The Bertz CT molecular complexity index is 831. The number of amides is 2. The molecule has 0 aliphatic carbocycles. The number of piperazine rings is 1. The Hall–Kier alpha value is -2.25. The Labute approximate surface area is 169 Å². The molecule has 148 valence electrons. The molecular formula is C21H26N4O2S. The monoisotopic (exact) mass is 398 g/mol. The van der Waals surface area contributed by atoms with Crippen LogP contribution in [0.5, 0.6) is 0 Å². The summed E-state index contributed by atoms with van der Waals surface area (Å²) in [6.45, 7) is 7.49. The van der Waals surface area contributed by atoms with Crippen LogP contribution < -0.4 is 0 Å². The lowest BCUT2D eigenvalue weighted by Gasteiger charge is -2.39. The van der Waals surface area contributed by atoms with Crippen molar-refractivity contribution >= 4 is 23.2 Å². The summed E-state index contributed by atoms with van der Waals surface area (Å²) in [5.41, 5.74) is 1.81. The summed E-state index contributed by atoms with van der Waals surface area (Å²) < 4.78 is 0. The van der Waals surface area contributed by atoms with Gasteiger partial charge in [-0.2, -0.15) is 0 Å². The van der Waals surface area contributed by atoms with E-state index in [0.717, 1.165) is 50.4 Å². The smallest absolute Gasteiger partial charge is 0.264 e. The Kier molecular flexibility index (Phi) is 5.73. The molecule has 1 atom stereocenters. The molecule has 28 heavy (non-hydrogen) atoms. The number of nitrogens with zero attached hydrogens (tertiary/aromatic N) is 4. The van der Waals surface area contributed by atoms with E-state index in [2.05, 4.69) is 16.8 Å². The van der Waals surface area contributed by atoms with Gasteiger partial charge in [-0.1, -0.05) is 19.1 Å². The molecule has 1 fully saturated rings. The van der Waals surface area contributed by atoms with E-state index in [0.29, 0.717) is 18.0 Å². The van der Waals surface area contributed by atoms with E-state index in [1.54, 1.807) is 11.1 Å². The van der Waals surface area contributed by atoms with Gasteiger partial charge >= 0.3 is 0 Å². The maximum atomic E-state index is 13.4. The summed E-state index contributed by atoms with van der Waals surface area (Å²) in [6, 6.07) is 7.59. The SMILES string of the molecule is CCCN1CCN(C(=O)C2CN(C(=O)c3cccs3)Cc3cccnc32)CC1. The maximum Gasteiger partial charge on any atom is 0.264 e. The molecule has 0 spiro atoms. The lowest BCUT2D eigenvalue weighted by atomic mass is 9.93. The largest absolute Gasteiger partial charge is 0.339 e. The zero-order valence-corrected chi connectivity index (χ0v) is 17.0. The van der Waals surface area contributed by atoms with Crippen molar-refractivity contribution in [3.63, 3.8) is 0 Å². The van der Waals surface area contributed by atoms with Gasteiger partial charge in [0.05, 0.1) is 16.5 Å². The number of aromatic nitrogens is 1. The number of pyridine rings is 1. The van der Waals surface area contributed by atoms with Crippen molar-refractivity contribution in [3.05, 3.63) is 52.0 Å². The molecule has 2 aromatic heterocycles. The summed E-state index contributed by atoms with van der Waals surface area (Å²) in [5, 5.41) is 1.91. The van der Waals surface area contributed by atoms with Crippen LogP contribution >= 0.6 is 11.3 Å². The van der Waals surface area contributed by atoms with Crippen LogP contribution in [0, 0.1) is 0 Å². The molecule has 7 heteroatoms. The van der Waals surface area contributed by atoms with Gasteiger partial charge in [0.2, 0.25) is 5.91 Å². The summed E-state index contributed by atoms with van der Waals surface area (Å²) in [6.07, 6.45) is 2.88. The fourth-order valence-electron chi connectivity index (χ4n) is 4.11. The topological polar surface area (TPSA) is 56.8 Å². The third-order valence-corrected chi connectivity index (χ3v) is 6.42. The lowest BCUT2D eigenvalue weighted by molar-refractivity contribution is -0.135. The van der Waals surface area contributed by atoms with Crippen molar-refractivity contribution in [1.82, 2.24) is 19.7 Å². The second kappa shape index (κ2) is 8.41. The van der Waals surface area contributed by atoms with Gasteiger partial charge in [-0.15, -0.1) is 11.3 Å². The Balaban J connectivity index is 1.53. The predicted octanol–water partition coefficient (Wildman–Crippen LogP) is 2.44. The molecular weight excluding hydrogens is 372 g/mol. The van der Waals surface area contributed by atoms with Gasteiger partial charge in [0.15, 0.2) is 0 Å². The van der Waals surface area contributed by atoms with Crippen LogP contribution in [0.2, 0.25) is 0 Å². The first kappa shape index (κ1) is 19.1. The van der Waals surface area contributed by atoms with E-state index in [1.165, 1.54) is 11.3 Å². The van der Waals surface area contributed by atoms with Crippen LogP contribution in [0.15, 0.2) is 35.8 Å². The molecule has 2 amide bonds. The molecule has 2 aliphatic rings. The fraction of sp³-hybridized carbons (Fsp3) is 0.476. The van der Waals surface area contributed by atoms with E-state index >= 15 is 0 Å². The zero-order valence-electron chi connectivity index (χ0n) is 16.2. The number of hydrogen-bond donors (Lipinski definition) is 0. The second-order valence-corrected chi connectivity index (χ2v) is 8.38. The standard InChI is InChI=1S/C21H26N4O2S/c1-2-8-23-9-11-24(12-10-23)20(26)17-15-25(21(27)18-6-4-13-28-18)14-16-5-3-7-22-19(16)17/h3-7,13,17H,2,8-12,14-15H2,1H3. The summed E-state index contributed by atoms with van der Waals surface area (Å²) in [4.78, 5) is 37.7. The fourth-order valence-corrected chi connectivity index (χ4v) is 4.80. The van der Waals surface area contributed by atoms with Crippen LogP contribution in [0.4, 0.5) is 0 Å². The van der Waals surface area contributed by atoms with E-state index < -0.39 is 0 Å². The van der Waals surface area contributed by atoms with E-state index in [4.69, 9.17) is 0 Å².